The highest BCUT2D eigenvalue weighted by molar-refractivity contribution is 5.95. The number of amides is 2. The third kappa shape index (κ3) is 6.67. The third-order valence-corrected chi connectivity index (χ3v) is 4.22. The summed E-state index contributed by atoms with van der Waals surface area (Å²) in [6.45, 7) is 1.85. The molecule has 0 aliphatic rings. The van der Waals surface area contributed by atoms with Crippen molar-refractivity contribution in [3.63, 3.8) is 0 Å². The van der Waals surface area contributed by atoms with E-state index in [1.165, 1.54) is 0 Å². The number of anilines is 2. The van der Waals surface area contributed by atoms with Crippen LogP contribution in [0.25, 0.3) is 0 Å². The van der Waals surface area contributed by atoms with Gasteiger partial charge in [0, 0.05) is 11.4 Å². The van der Waals surface area contributed by atoms with Crippen LogP contribution < -0.4 is 20.1 Å². The molecule has 3 aromatic carbocycles. The van der Waals surface area contributed by atoms with Crippen molar-refractivity contribution in [1.29, 1.82) is 0 Å². The minimum Gasteiger partial charge on any atom is -0.484 e. The Labute approximate surface area is 175 Å². The van der Waals surface area contributed by atoms with Gasteiger partial charge in [-0.05, 0) is 54.4 Å². The van der Waals surface area contributed by atoms with E-state index in [-0.39, 0.29) is 25.0 Å². The van der Waals surface area contributed by atoms with Gasteiger partial charge in [-0.3, -0.25) is 9.59 Å². The molecule has 0 radical (unpaired) electrons. The van der Waals surface area contributed by atoms with Gasteiger partial charge < -0.3 is 20.1 Å². The monoisotopic (exact) mass is 404 g/mol. The largest absolute Gasteiger partial charge is 0.484 e. The maximum absolute atomic E-state index is 12.2. The first-order chi connectivity index (χ1) is 14.6. The lowest BCUT2D eigenvalue weighted by atomic mass is 10.2. The van der Waals surface area contributed by atoms with Gasteiger partial charge in [0.15, 0.2) is 13.2 Å². The molecule has 0 saturated heterocycles. The van der Waals surface area contributed by atoms with Gasteiger partial charge in [-0.2, -0.15) is 0 Å². The quantitative estimate of drug-likeness (QED) is 0.558. The van der Waals surface area contributed by atoms with Gasteiger partial charge in [0.05, 0.1) is 0 Å². The van der Waals surface area contributed by atoms with E-state index in [4.69, 9.17) is 9.47 Å². The van der Waals surface area contributed by atoms with Crippen LogP contribution in [0, 0.1) is 0 Å². The predicted octanol–water partition coefficient (Wildman–Crippen LogP) is 4.28. The minimum absolute atomic E-state index is 0.103. The van der Waals surface area contributed by atoms with Crippen LogP contribution in [0.5, 0.6) is 11.5 Å². The van der Waals surface area contributed by atoms with Crippen molar-refractivity contribution in [3.8, 4) is 11.5 Å². The smallest absolute Gasteiger partial charge is 0.262 e. The lowest BCUT2D eigenvalue weighted by Gasteiger charge is -2.11. The molecule has 2 amide bonds. The molecular formula is C24H24N2O4. The zero-order valence-corrected chi connectivity index (χ0v) is 16.8. The van der Waals surface area contributed by atoms with Crippen LogP contribution >= 0.6 is 0 Å². The van der Waals surface area contributed by atoms with E-state index < -0.39 is 0 Å². The lowest BCUT2D eigenvalue weighted by molar-refractivity contribution is -0.118. The number of aryl methyl sites for hydroxylation is 1. The number of hydrogen-bond donors (Lipinski definition) is 2. The van der Waals surface area contributed by atoms with Crippen LogP contribution in [0.1, 0.15) is 12.5 Å². The number of ether oxygens (including phenoxy) is 2. The van der Waals surface area contributed by atoms with Crippen LogP contribution in [-0.2, 0) is 16.0 Å². The number of benzene rings is 3. The molecule has 0 heterocycles. The van der Waals surface area contributed by atoms with Crippen molar-refractivity contribution >= 4 is 23.2 Å². The topological polar surface area (TPSA) is 76.7 Å². The molecule has 3 aromatic rings. The summed E-state index contributed by atoms with van der Waals surface area (Å²) in [5, 5.41) is 5.52. The number of hydrogen-bond acceptors (Lipinski definition) is 4. The van der Waals surface area contributed by atoms with Crippen LogP contribution in [0.15, 0.2) is 78.9 Å². The highest BCUT2D eigenvalue weighted by atomic mass is 16.5. The Morgan fingerprint density at radius 1 is 0.700 bits per heavy atom. The molecule has 0 atom stereocenters. The maximum atomic E-state index is 12.2. The summed E-state index contributed by atoms with van der Waals surface area (Å²) in [7, 11) is 0. The van der Waals surface area contributed by atoms with E-state index in [1.807, 2.05) is 42.5 Å². The molecule has 0 aliphatic carbocycles. The summed E-state index contributed by atoms with van der Waals surface area (Å²) in [4.78, 5) is 24.3. The van der Waals surface area contributed by atoms with Gasteiger partial charge in [-0.15, -0.1) is 0 Å². The third-order valence-electron chi connectivity index (χ3n) is 4.22. The summed E-state index contributed by atoms with van der Waals surface area (Å²) in [5.74, 6) is 0.705. The number of nitrogens with one attached hydrogen (secondary N) is 2. The Morgan fingerprint density at radius 2 is 1.27 bits per heavy atom. The summed E-state index contributed by atoms with van der Waals surface area (Å²) in [6, 6.07) is 23.7. The van der Waals surface area contributed by atoms with Crippen molar-refractivity contribution in [2.45, 2.75) is 13.3 Å². The minimum atomic E-state index is -0.290. The highest BCUT2D eigenvalue weighted by Gasteiger charge is 2.07. The molecule has 0 unspecified atom stereocenters. The average molecular weight is 404 g/mol. The standard InChI is InChI=1S/C24H24N2O4/c1-2-18-8-6-13-22(14-18)30-17-24(28)26-20-10-7-9-19(15-20)25-23(27)16-29-21-11-4-3-5-12-21/h3-15H,2,16-17H2,1H3,(H,25,27)(H,26,28). The Morgan fingerprint density at radius 3 is 1.90 bits per heavy atom. The second-order valence-electron chi connectivity index (χ2n) is 6.57. The summed E-state index contributed by atoms with van der Waals surface area (Å²) >= 11 is 0. The molecule has 0 aromatic heterocycles. The first-order valence-corrected chi connectivity index (χ1v) is 9.72. The zero-order valence-electron chi connectivity index (χ0n) is 16.8. The van der Waals surface area contributed by atoms with Crippen LogP contribution in [-0.4, -0.2) is 25.0 Å². The van der Waals surface area contributed by atoms with E-state index in [0.717, 1.165) is 12.0 Å². The van der Waals surface area contributed by atoms with Crippen molar-refractivity contribution in [3.05, 3.63) is 84.4 Å². The molecule has 3 rings (SSSR count). The van der Waals surface area contributed by atoms with Crippen molar-refractivity contribution in [2.24, 2.45) is 0 Å². The highest BCUT2D eigenvalue weighted by Crippen LogP contribution is 2.17. The lowest BCUT2D eigenvalue weighted by Crippen LogP contribution is -2.21. The van der Waals surface area contributed by atoms with Crippen molar-refractivity contribution in [2.75, 3.05) is 23.8 Å². The molecular weight excluding hydrogens is 380 g/mol. The summed E-state index contributed by atoms with van der Waals surface area (Å²) < 4.78 is 11.0. The SMILES string of the molecule is CCc1cccc(OCC(=O)Nc2cccc(NC(=O)COc3ccccc3)c2)c1. The summed E-state index contributed by atoms with van der Waals surface area (Å²) in [5.41, 5.74) is 2.27. The van der Waals surface area contributed by atoms with Crippen molar-refractivity contribution < 1.29 is 19.1 Å². The molecule has 154 valence electrons. The summed E-state index contributed by atoms with van der Waals surface area (Å²) in [6.07, 6.45) is 0.901. The number of para-hydroxylation sites is 1. The predicted molar refractivity (Wildman–Crippen MR) is 117 cm³/mol. The van der Waals surface area contributed by atoms with Gasteiger partial charge in [-0.25, -0.2) is 0 Å². The van der Waals surface area contributed by atoms with Crippen molar-refractivity contribution in [1.82, 2.24) is 0 Å². The normalized spacial score (nSPS) is 10.2. The van der Waals surface area contributed by atoms with E-state index in [9.17, 15) is 9.59 Å². The Hall–Kier alpha value is -3.80. The second kappa shape index (κ2) is 10.7. The molecule has 0 bridgehead atoms. The van der Waals surface area contributed by atoms with Gasteiger partial charge in [0.1, 0.15) is 11.5 Å². The molecule has 6 heteroatoms. The van der Waals surface area contributed by atoms with E-state index in [0.29, 0.717) is 22.9 Å². The van der Waals surface area contributed by atoms with Gasteiger partial charge in [-0.1, -0.05) is 43.3 Å². The molecule has 0 aliphatic heterocycles. The Balaban J connectivity index is 1.48. The second-order valence-corrected chi connectivity index (χ2v) is 6.57. The number of carbonyl (C=O) groups is 2. The molecule has 6 nitrogen and oxygen atoms in total. The van der Waals surface area contributed by atoms with Crippen LogP contribution in [0.3, 0.4) is 0 Å². The van der Waals surface area contributed by atoms with E-state index in [2.05, 4.69) is 17.6 Å². The molecule has 0 fully saturated rings. The molecule has 0 saturated carbocycles. The molecule has 30 heavy (non-hydrogen) atoms. The van der Waals surface area contributed by atoms with E-state index >= 15 is 0 Å². The van der Waals surface area contributed by atoms with E-state index in [1.54, 1.807) is 36.4 Å². The van der Waals surface area contributed by atoms with Crippen LogP contribution in [0.2, 0.25) is 0 Å². The Bertz CT molecular complexity index is 989. The maximum Gasteiger partial charge on any atom is 0.262 e. The number of carbonyl (C=O) groups excluding carboxylic acids is 2. The fourth-order valence-corrected chi connectivity index (χ4v) is 2.74. The average Bonchev–Trinajstić information content (AvgIpc) is 2.77. The molecule has 2 N–H and O–H groups in total. The van der Waals surface area contributed by atoms with Crippen LogP contribution in [0.4, 0.5) is 11.4 Å². The van der Waals surface area contributed by atoms with Gasteiger partial charge in [0.25, 0.3) is 11.8 Å². The Kier molecular flexibility index (Phi) is 7.44. The number of rotatable bonds is 9. The molecule has 0 spiro atoms. The zero-order chi connectivity index (χ0) is 21.2. The fraction of sp³-hybridized carbons (Fsp3) is 0.167. The first kappa shape index (κ1) is 20.9. The fourth-order valence-electron chi connectivity index (χ4n) is 2.74. The van der Waals surface area contributed by atoms with Gasteiger partial charge >= 0.3 is 0 Å². The first-order valence-electron chi connectivity index (χ1n) is 9.72. The van der Waals surface area contributed by atoms with Gasteiger partial charge in [0.2, 0.25) is 0 Å².